The molecule has 0 unspecified atom stereocenters. The molecule has 0 amide bonds. The van der Waals surface area contributed by atoms with Crippen molar-refractivity contribution in [2.75, 3.05) is 7.11 Å². The summed E-state index contributed by atoms with van der Waals surface area (Å²) in [6, 6.07) is 15.9. The van der Waals surface area contributed by atoms with Gasteiger partial charge in [-0.15, -0.1) is 0 Å². The molecule has 0 saturated heterocycles. The number of hydrogen-bond acceptors (Lipinski definition) is 5. The van der Waals surface area contributed by atoms with Gasteiger partial charge < -0.3 is 14.2 Å². The molecule has 2 aliphatic rings. The lowest BCUT2D eigenvalue weighted by atomic mass is 10.0. The molecule has 5 nitrogen and oxygen atoms in total. The number of benzene rings is 2. The van der Waals surface area contributed by atoms with Gasteiger partial charge >= 0.3 is 11.9 Å². The molecule has 2 heterocycles. The highest BCUT2D eigenvalue weighted by Crippen LogP contribution is 2.43. The average Bonchev–Trinajstić information content (AvgIpc) is 3.08. The summed E-state index contributed by atoms with van der Waals surface area (Å²) in [6.07, 6.45) is 0. The third-order valence-corrected chi connectivity index (χ3v) is 3.90. The van der Waals surface area contributed by atoms with E-state index in [1.54, 1.807) is 55.6 Å². The van der Waals surface area contributed by atoms with E-state index in [0.717, 1.165) is 0 Å². The van der Waals surface area contributed by atoms with Crippen LogP contribution < -0.4 is 4.74 Å². The molecule has 0 aliphatic carbocycles. The van der Waals surface area contributed by atoms with Gasteiger partial charge in [0.25, 0.3) is 0 Å². The largest absolute Gasteiger partial charge is 0.497 e. The molecule has 2 aliphatic heterocycles. The Labute approximate surface area is 137 Å². The smallest absolute Gasteiger partial charge is 0.348 e. The summed E-state index contributed by atoms with van der Waals surface area (Å²) in [7, 11) is 1.56. The minimum absolute atomic E-state index is 0.175. The lowest BCUT2D eigenvalue weighted by Crippen LogP contribution is -2.04. The quantitative estimate of drug-likeness (QED) is 0.814. The van der Waals surface area contributed by atoms with Crippen LogP contribution in [0.4, 0.5) is 0 Å². The predicted molar refractivity (Wildman–Crippen MR) is 85.5 cm³/mol. The summed E-state index contributed by atoms with van der Waals surface area (Å²) in [6.45, 7) is 0. The van der Waals surface area contributed by atoms with Gasteiger partial charge in [-0.3, -0.25) is 0 Å². The van der Waals surface area contributed by atoms with Crippen LogP contribution in [-0.4, -0.2) is 19.0 Å². The number of fused-ring (bicyclic) bond motifs is 1. The van der Waals surface area contributed by atoms with Gasteiger partial charge in [-0.25, -0.2) is 9.59 Å². The lowest BCUT2D eigenvalue weighted by Gasteiger charge is -2.04. The normalized spacial score (nSPS) is 16.2. The Morgan fingerprint density at radius 3 is 1.71 bits per heavy atom. The van der Waals surface area contributed by atoms with Crippen LogP contribution in [-0.2, 0) is 19.1 Å². The van der Waals surface area contributed by atoms with Gasteiger partial charge in [-0.05, 0) is 23.3 Å². The third kappa shape index (κ3) is 2.10. The van der Waals surface area contributed by atoms with E-state index in [9.17, 15) is 9.59 Å². The minimum Gasteiger partial charge on any atom is -0.497 e. The Morgan fingerprint density at radius 1 is 0.708 bits per heavy atom. The highest BCUT2D eigenvalue weighted by atomic mass is 16.6. The van der Waals surface area contributed by atoms with Crippen LogP contribution in [0, 0.1) is 0 Å². The first kappa shape index (κ1) is 14.3. The molecule has 0 bridgehead atoms. The average molecular weight is 320 g/mol. The standard InChI is InChI=1S/C19H12O5/c1-22-13-9-7-12(8-10-13)15-17-16(23-19(15)21)14(18(20)24-17)11-5-3-2-4-6-11/h2-10H,1H3. The van der Waals surface area contributed by atoms with E-state index in [1.165, 1.54) is 0 Å². The molecule has 24 heavy (non-hydrogen) atoms. The van der Waals surface area contributed by atoms with Crippen molar-refractivity contribution < 1.29 is 23.8 Å². The monoisotopic (exact) mass is 320 g/mol. The molecular weight excluding hydrogens is 308 g/mol. The Bertz CT molecular complexity index is 905. The summed E-state index contributed by atoms with van der Waals surface area (Å²) in [5.74, 6) is -0.0354. The second-order valence-electron chi connectivity index (χ2n) is 5.28. The van der Waals surface area contributed by atoms with Crippen molar-refractivity contribution >= 4 is 23.1 Å². The zero-order valence-corrected chi connectivity index (χ0v) is 12.7. The SMILES string of the molecule is COc1ccc(C2=C3OC(=O)C(c4ccccc4)=C3OC2=O)cc1. The van der Waals surface area contributed by atoms with Gasteiger partial charge in [0.15, 0.2) is 11.5 Å². The predicted octanol–water partition coefficient (Wildman–Crippen LogP) is 2.93. The molecule has 0 spiro atoms. The van der Waals surface area contributed by atoms with Crippen LogP contribution in [0.2, 0.25) is 0 Å². The van der Waals surface area contributed by atoms with Crippen LogP contribution in [0.5, 0.6) is 5.75 Å². The number of carbonyl (C=O) groups excluding carboxylic acids is 2. The maximum absolute atomic E-state index is 12.3. The van der Waals surface area contributed by atoms with Crippen molar-refractivity contribution in [1.82, 2.24) is 0 Å². The Kier molecular flexibility index (Phi) is 3.20. The van der Waals surface area contributed by atoms with E-state index in [0.29, 0.717) is 16.9 Å². The molecule has 118 valence electrons. The molecule has 0 N–H and O–H groups in total. The summed E-state index contributed by atoms with van der Waals surface area (Å²) >= 11 is 0. The lowest BCUT2D eigenvalue weighted by molar-refractivity contribution is -0.131. The Hall–Kier alpha value is -3.34. The molecule has 0 fully saturated rings. The van der Waals surface area contributed by atoms with Gasteiger partial charge in [0.05, 0.1) is 7.11 Å². The van der Waals surface area contributed by atoms with Crippen molar-refractivity contribution in [3.63, 3.8) is 0 Å². The number of carbonyl (C=O) groups is 2. The van der Waals surface area contributed by atoms with Crippen molar-refractivity contribution in [2.24, 2.45) is 0 Å². The summed E-state index contributed by atoms with van der Waals surface area (Å²) < 4.78 is 15.8. The van der Waals surface area contributed by atoms with Crippen LogP contribution in [0.25, 0.3) is 11.1 Å². The first-order valence-electron chi connectivity index (χ1n) is 7.32. The van der Waals surface area contributed by atoms with E-state index < -0.39 is 11.9 Å². The van der Waals surface area contributed by atoms with Crippen LogP contribution in [0.1, 0.15) is 11.1 Å². The Balaban J connectivity index is 1.85. The zero-order chi connectivity index (χ0) is 16.7. The molecule has 2 aromatic rings. The van der Waals surface area contributed by atoms with Crippen molar-refractivity contribution in [3.8, 4) is 5.75 Å². The van der Waals surface area contributed by atoms with Crippen molar-refractivity contribution in [1.29, 1.82) is 0 Å². The maximum atomic E-state index is 12.3. The summed E-state index contributed by atoms with van der Waals surface area (Å²) in [5.41, 5.74) is 1.76. The van der Waals surface area contributed by atoms with E-state index in [-0.39, 0.29) is 22.7 Å². The van der Waals surface area contributed by atoms with Crippen molar-refractivity contribution in [2.45, 2.75) is 0 Å². The van der Waals surface area contributed by atoms with E-state index in [2.05, 4.69) is 0 Å². The topological polar surface area (TPSA) is 61.8 Å². The fourth-order valence-corrected chi connectivity index (χ4v) is 2.76. The summed E-state index contributed by atoms with van der Waals surface area (Å²) in [4.78, 5) is 24.5. The van der Waals surface area contributed by atoms with Crippen LogP contribution >= 0.6 is 0 Å². The van der Waals surface area contributed by atoms with Gasteiger partial charge in [0.2, 0.25) is 0 Å². The number of hydrogen-bond donors (Lipinski definition) is 0. The molecule has 0 saturated carbocycles. The zero-order valence-electron chi connectivity index (χ0n) is 12.7. The molecule has 0 atom stereocenters. The van der Waals surface area contributed by atoms with Crippen LogP contribution in [0.3, 0.4) is 0 Å². The van der Waals surface area contributed by atoms with E-state index in [1.807, 2.05) is 6.07 Å². The van der Waals surface area contributed by atoms with E-state index >= 15 is 0 Å². The number of rotatable bonds is 3. The van der Waals surface area contributed by atoms with Crippen molar-refractivity contribution in [3.05, 3.63) is 77.2 Å². The molecule has 4 rings (SSSR count). The molecular formula is C19H12O5. The third-order valence-electron chi connectivity index (χ3n) is 3.90. The van der Waals surface area contributed by atoms with Gasteiger partial charge in [0.1, 0.15) is 16.9 Å². The van der Waals surface area contributed by atoms with Crippen LogP contribution in [0.15, 0.2) is 66.1 Å². The second kappa shape index (κ2) is 5.38. The highest BCUT2D eigenvalue weighted by Gasteiger charge is 2.43. The number of ether oxygens (including phenoxy) is 3. The summed E-state index contributed by atoms with van der Waals surface area (Å²) in [5, 5.41) is 0. The maximum Gasteiger partial charge on any atom is 0.348 e. The number of esters is 2. The Morgan fingerprint density at radius 2 is 1.21 bits per heavy atom. The first-order chi connectivity index (χ1) is 11.7. The first-order valence-corrected chi connectivity index (χ1v) is 7.32. The van der Waals surface area contributed by atoms with Gasteiger partial charge in [0, 0.05) is 0 Å². The van der Waals surface area contributed by atoms with Gasteiger partial charge in [-0.2, -0.15) is 0 Å². The number of methoxy groups -OCH3 is 1. The van der Waals surface area contributed by atoms with Gasteiger partial charge in [-0.1, -0.05) is 42.5 Å². The molecule has 0 aromatic heterocycles. The van der Waals surface area contributed by atoms with E-state index in [4.69, 9.17) is 14.2 Å². The highest BCUT2D eigenvalue weighted by molar-refractivity contribution is 6.28. The molecule has 0 radical (unpaired) electrons. The molecule has 2 aromatic carbocycles. The second-order valence-corrected chi connectivity index (χ2v) is 5.28. The fraction of sp³-hybridized carbons (Fsp3) is 0.0526. The molecule has 5 heteroatoms. The fourth-order valence-electron chi connectivity index (χ4n) is 2.76. The minimum atomic E-state index is -0.536.